The van der Waals surface area contributed by atoms with E-state index in [1.165, 1.54) is 0 Å². The lowest BCUT2D eigenvalue weighted by Gasteiger charge is -2.36. The summed E-state index contributed by atoms with van der Waals surface area (Å²) in [4.78, 5) is 47.8. The molecule has 0 aliphatic carbocycles. The summed E-state index contributed by atoms with van der Waals surface area (Å²) in [7, 11) is 0. The van der Waals surface area contributed by atoms with E-state index < -0.39 is 5.92 Å². The Morgan fingerprint density at radius 2 is 2.13 bits per heavy atom. The van der Waals surface area contributed by atoms with E-state index in [1.807, 2.05) is 25.1 Å². The minimum Gasteiger partial charge on any atom is -0.339 e. The third-order valence-corrected chi connectivity index (χ3v) is 5.91. The number of aromatic nitrogens is 2. The zero-order chi connectivity index (χ0) is 21.3. The average molecular weight is 409 g/mol. The number of fused-ring (bicyclic) bond motifs is 1. The fourth-order valence-corrected chi connectivity index (χ4v) is 4.38. The second kappa shape index (κ2) is 8.30. The molecule has 0 radical (unpaired) electrons. The van der Waals surface area contributed by atoms with Gasteiger partial charge in [-0.05, 0) is 50.3 Å². The van der Waals surface area contributed by atoms with Crippen molar-refractivity contribution < 1.29 is 9.59 Å². The standard InChI is InChI=1S/C22H27N5O3/c1-3-15-9-4-5-10-27(15)22-25-19-18(21(30)26-22)16(12-17(28)24-19)20(29)23-14-8-6-7-13(2)11-14/h6-8,11,15-16H,3-5,9-10,12H2,1-2H3,(H,23,29)(H2,24,25,26,28,30)/t15-,16-/m0/s1. The number of H-pyrrole nitrogens is 1. The van der Waals surface area contributed by atoms with Gasteiger partial charge in [0.15, 0.2) is 0 Å². The number of rotatable bonds is 4. The average Bonchev–Trinajstić information content (AvgIpc) is 2.72. The highest BCUT2D eigenvalue weighted by molar-refractivity contribution is 6.04. The Bertz CT molecular complexity index is 1030. The van der Waals surface area contributed by atoms with Crippen molar-refractivity contribution in [2.45, 2.75) is 57.9 Å². The number of carbonyl (C=O) groups excluding carboxylic acids is 2. The molecule has 3 heterocycles. The number of hydrogen-bond donors (Lipinski definition) is 3. The van der Waals surface area contributed by atoms with Crippen LogP contribution in [0.1, 0.15) is 56.1 Å². The molecule has 158 valence electrons. The molecule has 30 heavy (non-hydrogen) atoms. The Balaban J connectivity index is 1.66. The molecule has 0 unspecified atom stereocenters. The molecule has 2 aliphatic heterocycles. The molecule has 3 N–H and O–H groups in total. The monoisotopic (exact) mass is 409 g/mol. The summed E-state index contributed by atoms with van der Waals surface area (Å²) >= 11 is 0. The van der Waals surface area contributed by atoms with Gasteiger partial charge in [-0.3, -0.25) is 19.4 Å². The van der Waals surface area contributed by atoms with Crippen LogP contribution in [0.2, 0.25) is 0 Å². The van der Waals surface area contributed by atoms with Crippen LogP contribution in [0.5, 0.6) is 0 Å². The molecule has 2 aromatic rings. The van der Waals surface area contributed by atoms with Crippen LogP contribution in [0.3, 0.4) is 0 Å². The number of aromatic amines is 1. The van der Waals surface area contributed by atoms with Gasteiger partial charge >= 0.3 is 0 Å². The maximum atomic E-state index is 13.0. The van der Waals surface area contributed by atoms with Gasteiger partial charge in [0.25, 0.3) is 5.56 Å². The Morgan fingerprint density at radius 3 is 2.90 bits per heavy atom. The zero-order valence-electron chi connectivity index (χ0n) is 17.3. The van der Waals surface area contributed by atoms with Crippen molar-refractivity contribution in [3.63, 3.8) is 0 Å². The summed E-state index contributed by atoms with van der Waals surface area (Å²) in [5.41, 5.74) is 1.48. The molecule has 1 aromatic heterocycles. The van der Waals surface area contributed by atoms with Crippen molar-refractivity contribution in [2.24, 2.45) is 0 Å². The molecule has 0 saturated carbocycles. The predicted molar refractivity (Wildman–Crippen MR) is 116 cm³/mol. The Labute approximate surface area is 175 Å². The van der Waals surface area contributed by atoms with E-state index in [0.717, 1.165) is 37.8 Å². The minimum absolute atomic E-state index is 0.0872. The number of amides is 2. The molecule has 8 nitrogen and oxygen atoms in total. The maximum Gasteiger partial charge on any atom is 0.258 e. The van der Waals surface area contributed by atoms with Crippen molar-refractivity contribution >= 4 is 29.3 Å². The second-order valence-electron chi connectivity index (χ2n) is 8.07. The summed E-state index contributed by atoms with van der Waals surface area (Å²) in [6.07, 6.45) is 4.10. The topological polar surface area (TPSA) is 107 Å². The lowest BCUT2D eigenvalue weighted by atomic mass is 9.92. The van der Waals surface area contributed by atoms with Gasteiger partial charge in [0.2, 0.25) is 17.8 Å². The fraction of sp³-hybridized carbons (Fsp3) is 0.455. The van der Waals surface area contributed by atoms with Gasteiger partial charge in [0.05, 0.1) is 11.5 Å². The quantitative estimate of drug-likeness (QED) is 0.720. The molecule has 2 amide bonds. The minimum atomic E-state index is -0.886. The third-order valence-electron chi connectivity index (χ3n) is 5.91. The van der Waals surface area contributed by atoms with Crippen LogP contribution in [-0.4, -0.2) is 34.4 Å². The largest absolute Gasteiger partial charge is 0.339 e. The van der Waals surface area contributed by atoms with Crippen molar-refractivity contribution in [2.75, 3.05) is 22.1 Å². The van der Waals surface area contributed by atoms with Crippen LogP contribution in [0.15, 0.2) is 29.1 Å². The van der Waals surface area contributed by atoms with Crippen LogP contribution in [0, 0.1) is 6.92 Å². The number of anilines is 3. The lowest BCUT2D eigenvalue weighted by molar-refractivity contribution is -0.123. The van der Waals surface area contributed by atoms with Crippen LogP contribution in [0.25, 0.3) is 0 Å². The highest BCUT2D eigenvalue weighted by Gasteiger charge is 2.35. The van der Waals surface area contributed by atoms with Gasteiger partial charge in [0.1, 0.15) is 5.82 Å². The first-order valence-electron chi connectivity index (χ1n) is 10.5. The van der Waals surface area contributed by atoms with E-state index in [0.29, 0.717) is 17.7 Å². The molecule has 0 bridgehead atoms. The molecular weight excluding hydrogens is 382 g/mol. The van der Waals surface area contributed by atoms with E-state index in [1.54, 1.807) is 6.07 Å². The molecule has 2 atom stereocenters. The van der Waals surface area contributed by atoms with Gasteiger partial charge in [-0.1, -0.05) is 19.1 Å². The second-order valence-corrected chi connectivity index (χ2v) is 8.07. The van der Waals surface area contributed by atoms with Gasteiger partial charge in [0, 0.05) is 24.7 Å². The smallest absolute Gasteiger partial charge is 0.258 e. The SMILES string of the molecule is CC[C@H]1CCCCN1c1nc2c(c(=O)[nH]1)[C@@H](C(=O)Nc1cccc(C)c1)CC(=O)N2. The maximum absolute atomic E-state index is 13.0. The molecule has 1 aromatic carbocycles. The summed E-state index contributed by atoms with van der Waals surface area (Å²) in [6.45, 7) is 4.86. The normalized spacial score (nSPS) is 21.0. The molecule has 1 saturated heterocycles. The van der Waals surface area contributed by atoms with Crippen LogP contribution in [0.4, 0.5) is 17.5 Å². The van der Waals surface area contributed by atoms with E-state index >= 15 is 0 Å². The lowest BCUT2D eigenvalue weighted by Crippen LogP contribution is -2.43. The fourth-order valence-electron chi connectivity index (χ4n) is 4.38. The first-order chi connectivity index (χ1) is 14.5. The van der Waals surface area contributed by atoms with E-state index in [9.17, 15) is 14.4 Å². The summed E-state index contributed by atoms with van der Waals surface area (Å²) in [6, 6.07) is 7.70. The summed E-state index contributed by atoms with van der Waals surface area (Å²) in [5.74, 6) is -0.939. The van der Waals surface area contributed by atoms with E-state index in [-0.39, 0.29) is 35.2 Å². The predicted octanol–water partition coefficient (Wildman–Crippen LogP) is 2.91. The van der Waals surface area contributed by atoms with Gasteiger partial charge in [-0.2, -0.15) is 4.98 Å². The number of hydrogen-bond acceptors (Lipinski definition) is 5. The first kappa shape index (κ1) is 20.1. The molecule has 2 aliphatic rings. The van der Waals surface area contributed by atoms with Gasteiger partial charge in [-0.25, -0.2) is 0 Å². The van der Waals surface area contributed by atoms with Gasteiger partial charge < -0.3 is 15.5 Å². The number of piperidine rings is 1. The molecule has 8 heteroatoms. The van der Waals surface area contributed by atoms with E-state index in [4.69, 9.17) is 0 Å². The number of nitrogens with one attached hydrogen (secondary N) is 3. The summed E-state index contributed by atoms with van der Waals surface area (Å²) in [5, 5.41) is 5.52. The number of carbonyl (C=O) groups is 2. The van der Waals surface area contributed by atoms with Crippen LogP contribution >= 0.6 is 0 Å². The van der Waals surface area contributed by atoms with Gasteiger partial charge in [-0.15, -0.1) is 0 Å². The zero-order valence-corrected chi connectivity index (χ0v) is 17.3. The van der Waals surface area contributed by atoms with Crippen molar-refractivity contribution in [3.8, 4) is 0 Å². The Kier molecular flexibility index (Phi) is 5.57. The van der Waals surface area contributed by atoms with Crippen LogP contribution in [-0.2, 0) is 9.59 Å². The summed E-state index contributed by atoms with van der Waals surface area (Å²) < 4.78 is 0. The van der Waals surface area contributed by atoms with E-state index in [2.05, 4.69) is 32.4 Å². The molecule has 0 spiro atoms. The Morgan fingerprint density at radius 1 is 1.30 bits per heavy atom. The number of aryl methyl sites for hydroxylation is 1. The number of nitrogens with zero attached hydrogens (tertiary/aromatic N) is 2. The highest BCUT2D eigenvalue weighted by atomic mass is 16.2. The molecule has 1 fully saturated rings. The Hall–Kier alpha value is -3.16. The number of benzene rings is 1. The molecule has 4 rings (SSSR count). The van der Waals surface area contributed by atoms with Crippen molar-refractivity contribution in [3.05, 3.63) is 45.7 Å². The third kappa shape index (κ3) is 3.94. The van der Waals surface area contributed by atoms with Crippen LogP contribution < -0.4 is 21.1 Å². The first-order valence-corrected chi connectivity index (χ1v) is 10.5. The van der Waals surface area contributed by atoms with Crippen molar-refractivity contribution in [1.29, 1.82) is 0 Å². The molecular formula is C22H27N5O3. The van der Waals surface area contributed by atoms with Crippen molar-refractivity contribution in [1.82, 2.24) is 9.97 Å². The highest BCUT2D eigenvalue weighted by Crippen LogP contribution is 2.31.